The molecule has 1 fully saturated rings. The summed E-state index contributed by atoms with van der Waals surface area (Å²) in [5.74, 6) is 0. The fourth-order valence-electron chi connectivity index (χ4n) is 1.62. The van der Waals surface area contributed by atoms with Crippen LogP contribution in [0.5, 0.6) is 0 Å². The second-order valence-corrected chi connectivity index (χ2v) is 12.7. The van der Waals surface area contributed by atoms with Crippen LogP contribution in [0.25, 0.3) is 0 Å². The number of hydrogen-bond acceptors (Lipinski definition) is 3. The zero-order valence-corrected chi connectivity index (χ0v) is 10.3. The Bertz CT molecular complexity index is 240. The van der Waals surface area contributed by atoms with Crippen LogP contribution in [0.4, 0.5) is 0 Å². The molecule has 3 atom stereocenters. The Morgan fingerprint density at radius 2 is 2.08 bits per heavy atom. The Kier molecular flexibility index (Phi) is 3.05. The van der Waals surface area contributed by atoms with Crippen molar-refractivity contribution in [1.82, 2.24) is 0 Å². The largest absolute Gasteiger partial charge is 0.328 e. The molecule has 13 heavy (non-hydrogen) atoms. The zero-order chi connectivity index (χ0) is 10.3. The molecule has 3 N–H and O–H groups in total. The molecule has 0 aromatic rings. The molecule has 6 heteroatoms. The van der Waals surface area contributed by atoms with Gasteiger partial charge in [0.1, 0.15) is 0 Å². The van der Waals surface area contributed by atoms with Gasteiger partial charge in [0, 0.05) is 6.04 Å². The molecule has 0 aliphatic carbocycles. The van der Waals surface area contributed by atoms with Gasteiger partial charge in [0.15, 0.2) is 0 Å². The highest BCUT2D eigenvalue weighted by Crippen LogP contribution is 2.55. The molecule has 0 bridgehead atoms. The molecule has 1 aliphatic rings. The van der Waals surface area contributed by atoms with Crippen LogP contribution >= 0.6 is 7.60 Å². The summed E-state index contributed by atoms with van der Waals surface area (Å²) < 4.78 is 16.6. The van der Waals surface area contributed by atoms with Gasteiger partial charge in [-0.15, -0.1) is 0 Å². The lowest BCUT2D eigenvalue weighted by Gasteiger charge is -2.37. The van der Waals surface area contributed by atoms with Gasteiger partial charge in [-0.1, -0.05) is 19.6 Å². The summed E-state index contributed by atoms with van der Waals surface area (Å²) in [4.78, 5) is 9.60. The highest BCUT2D eigenvalue weighted by Gasteiger charge is 2.46. The van der Waals surface area contributed by atoms with Crippen molar-refractivity contribution in [1.29, 1.82) is 0 Å². The Morgan fingerprint density at radius 3 is 2.46 bits per heavy atom. The van der Waals surface area contributed by atoms with E-state index in [2.05, 4.69) is 19.6 Å². The van der Waals surface area contributed by atoms with E-state index < -0.39 is 15.7 Å². The minimum atomic E-state index is -3.37. The molecule has 1 heterocycles. The van der Waals surface area contributed by atoms with E-state index in [1.165, 1.54) is 0 Å². The Labute approximate surface area is 80.0 Å². The number of nitrogens with two attached hydrogens (primary N) is 1. The van der Waals surface area contributed by atoms with Gasteiger partial charge in [-0.05, 0) is 6.42 Å². The molecule has 0 radical (unpaired) electrons. The van der Waals surface area contributed by atoms with Gasteiger partial charge in [-0.25, -0.2) is 0 Å². The predicted octanol–water partition coefficient (Wildman–Crippen LogP) is 1.17. The summed E-state index contributed by atoms with van der Waals surface area (Å²) >= 11 is 0. The van der Waals surface area contributed by atoms with E-state index in [0.29, 0.717) is 6.42 Å². The molecule has 0 aromatic heterocycles. The van der Waals surface area contributed by atoms with Crippen molar-refractivity contribution >= 4 is 15.7 Å². The van der Waals surface area contributed by atoms with E-state index in [1.807, 2.05) is 0 Å². The lowest BCUT2D eigenvalue weighted by atomic mass is 10.2. The van der Waals surface area contributed by atoms with Crippen LogP contribution in [0.15, 0.2) is 0 Å². The van der Waals surface area contributed by atoms with E-state index in [0.717, 1.165) is 0 Å². The van der Waals surface area contributed by atoms with Gasteiger partial charge in [0.25, 0.3) is 0 Å². The maximum atomic E-state index is 11.7. The van der Waals surface area contributed by atoms with Crippen LogP contribution in [-0.4, -0.2) is 30.9 Å². The Morgan fingerprint density at radius 1 is 1.54 bits per heavy atom. The lowest BCUT2D eigenvalue weighted by molar-refractivity contribution is 0.211. The summed E-state index contributed by atoms with van der Waals surface area (Å²) in [5, 5.41) is -0.205. The average molecular weight is 223 g/mol. The second kappa shape index (κ2) is 3.48. The average Bonchev–Trinajstić information content (AvgIpc) is 1.92. The Balaban J connectivity index is 2.85. The van der Waals surface area contributed by atoms with E-state index in [4.69, 9.17) is 10.3 Å². The van der Waals surface area contributed by atoms with Crippen LogP contribution in [0.3, 0.4) is 0 Å². The standard InChI is InChI=1S/C7H18NO3PSi/c1-13(2,3)7-4-6(8)5-11-12(7,9)10/h6-7H,4-5,8H2,1-3H3,(H,9,10)/t6-,7+/m1/s1. The van der Waals surface area contributed by atoms with E-state index in [-0.39, 0.29) is 17.9 Å². The third-order valence-corrected chi connectivity index (χ3v) is 9.45. The monoisotopic (exact) mass is 223 g/mol. The molecule has 4 nitrogen and oxygen atoms in total. The topological polar surface area (TPSA) is 72.5 Å². The molecular weight excluding hydrogens is 205 g/mol. The van der Waals surface area contributed by atoms with Gasteiger partial charge < -0.3 is 15.2 Å². The number of rotatable bonds is 1. The third kappa shape index (κ3) is 2.64. The number of hydrogen-bond donors (Lipinski definition) is 2. The Hall–Kier alpha value is 0.327. The SMILES string of the molecule is C[Si](C)(C)[C@H]1C[C@@H](N)COP1(=O)O. The second-order valence-electron chi connectivity index (χ2n) is 4.74. The quantitative estimate of drug-likeness (QED) is 0.517. The van der Waals surface area contributed by atoms with E-state index in [1.54, 1.807) is 0 Å². The van der Waals surface area contributed by atoms with Gasteiger partial charge in [0.05, 0.1) is 20.0 Å². The summed E-state index contributed by atoms with van der Waals surface area (Å²) in [6.45, 7) is 6.43. The van der Waals surface area contributed by atoms with Gasteiger partial charge in [-0.3, -0.25) is 4.57 Å². The molecule has 0 saturated carbocycles. The molecule has 0 spiro atoms. The first-order valence-electron chi connectivity index (χ1n) is 4.46. The fraction of sp³-hybridized carbons (Fsp3) is 1.00. The van der Waals surface area contributed by atoms with Gasteiger partial charge in [-0.2, -0.15) is 0 Å². The van der Waals surface area contributed by atoms with Crippen molar-refractivity contribution in [3.8, 4) is 0 Å². The van der Waals surface area contributed by atoms with Crippen molar-refractivity contribution < 1.29 is 14.0 Å². The van der Waals surface area contributed by atoms with Crippen molar-refractivity contribution in [2.24, 2.45) is 5.73 Å². The molecule has 0 aromatic carbocycles. The summed E-state index contributed by atoms with van der Waals surface area (Å²) in [5.41, 5.74) is 5.71. The van der Waals surface area contributed by atoms with Crippen LogP contribution in [0, 0.1) is 0 Å². The first-order valence-corrected chi connectivity index (χ1v) is 9.68. The predicted molar refractivity (Wildman–Crippen MR) is 55.5 cm³/mol. The van der Waals surface area contributed by atoms with Crippen LogP contribution in [0.1, 0.15) is 6.42 Å². The highest BCUT2D eigenvalue weighted by atomic mass is 31.2. The maximum Gasteiger partial charge on any atom is 0.328 e. The smallest absolute Gasteiger partial charge is 0.326 e. The van der Waals surface area contributed by atoms with Crippen LogP contribution in [-0.2, 0) is 9.09 Å². The lowest BCUT2D eigenvalue weighted by Crippen LogP contribution is -2.47. The molecule has 0 amide bonds. The fourth-order valence-corrected chi connectivity index (χ4v) is 7.89. The minimum Gasteiger partial charge on any atom is -0.326 e. The maximum absolute atomic E-state index is 11.7. The zero-order valence-electron chi connectivity index (χ0n) is 8.36. The summed E-state index contributed by atoms with van der Waals surface area (Å²) in [6.07, 6.45) is 0.628. The van der Waals surface area contributed by atoms with Gasteiger partial charge in [0.2, 0.25) is 0 Å². The molecule has 1 aliphatic heterocycles. The molecule has 78 valence electrons. The minimum absolute atomic E-state index is 0.0778. The van der Waals surface area contributed by atoms with Crippen molar-refractivity contribution in [3.05, 3.63) is 0 Å². The molecule has 1 rings (SSSR count). The van der Waals surface area contributed by atoms with E-state index in [9.17, 15) is 9.46 Å². The van der Waals surface area contributed by atoms with Crippen LogP contribution < -0.4 is 5.73 Å². The van der Waals surface area contributed by atoms with Crippen LogP contribution in [0.2, 0.25) is 19.6 Å². The van der Waals surface area contributed by atoms with E-state index >= 15 is 0 Å². The molecule has 1 saturated heterocycles. The first-order chi connectivity index (χ1) is 5.73. The van der Waals surface area contributed by atoms with Gasteiger partial charge >= 0.3 is 7.60 Å². The van der Waals surface area contributed by atoms with Crippen molar-refractivity contribution in [3.63, 3.8) is 0 Å². The van der Waals surface area contributed by atoms with Crippen molar-refractivity contribution in [2.45, 2.75) is 37.4 Å². The third-order valence-electron chi connectivity index (χ3n) is 2.39. The molecular formula is C7H18NO3PSi. The first kappa shape index (κ1) is 11.4. The highest BCUT2D eigenvalue weighted by molar-refractivity contribution is 7.57. The van der Waals surface area contributed by atoms with Crippen molar-refractivity contribution in [2.75, 3.05) is 6.61 Å². The molecule has 1 unspecified atom stereocenters. The normalized spacial score (nSPS) is 41.9. The summed E-state index contributed by atoms with van der Waals surface area (Å²) in [6, 6.07) is -0.0778. The summed E-state index contributed by atoms with van der Waals surface area (Å²) in [7, 11) is -5.03.